The van der Waals surface area contributed by atoms with Gasteiger partial charge in [-0.2, -0.15) is 0 Å². The minimum Gasteiger partial charge on any atom is -0.457 e. The third kappa shape index (κ3) is 4.59. The Labute approximate surface area is 202 Å². The molecule has 1 atom stereocenters. The van der Waals surface area contributed by atoms with Gasteiger partial charge in [-0.25, -0.2) is 0 Å². The van der Waals surface area contributed by atoms with Gasteiger partial charge in [0.2, 0.25) is 0 Å². The maximum absolute atomic E-state index is 13.1. The zero-order valence-electron chi connectivity index (χ0n) is 18.8. The van der Waals surface area contributed by atoms with Gasteiger partial charge >= 0.3 is 0 Å². The molecular weight excluding hydrogens is 450 g/mol. The van der Waals surface area contributed by atoms with E-state index >= 15 is 0 Å². The highest BCUT2D eigenvalue weighted by Gasteiger charge is 2.32. The van der Waals surface area contributed by atoms with Crippen LogP contribution < -0.4 is 5.32 Å². The highest BCUT2D eigenvalue weighted by Crippen LogP contribution is 2.41. The Balaban J connectivity index is 1.62. The molecule has 1 aliphatic heterocycles. The van der Waals surface area contributed by atoms with E-state index in [2.05, 4.69) is 52.7 Å². The molecule has 2 aromatic heterocycles. The standard InChI is InChI=1S/C26H27N3O2S2/c1-28-13-15-29(16-14-28)24(18-9-11-19(32-2)12-10-18)25-23(20-6-3-4-7-21(20)31-25)27-26(30)22-8-5-17-33-22/h3-12,17,24H,13-16H2,1-2H3,(H,27,30). The zero-order valence-corrected chi connectivity index (χ0v) is 20.4. The van der Waals surface area contributed by atoms with Crippen LogP contribution in [0.15, 0.2) is 75.4 Å². The minimum absolute atomic E-state index is 0.0827. The lowest BCUT2D eigenvalue weighted by atomic mass is 10.00. The molecule has 1 saturated heterocycles. The fourth-order valence-electron chi connectivity index (χ4n) is 4.36. The Morgan fingerprint density at radius 1 is 1.03 bits per heavy atom. The number of thioether (sulfide) groups is 1. The molecule has 0 bridgehead atoms. The van der Waals surface area contributed by atoms with Gasteiger partial charge in [0.1, 0.15) is 11.3 Å². The van der Waals surface area contributed by atoms with E-state index in [1.165, 1.54) is 21.8 Å². The van der Waals surface area contributed by atoms with Gasteiger partial charge in [-0.05, 0) is 54.6 Å². The van der Waals surface area contributed by atoms with Gasteiger partial charge in [0, 0.05) is 36.5 Å². The van der Waals surface area contributed by atoms with E-state index in [0.717, 1.165) is 48.6 Å². The van der Waals surface area contributed by atoms with E-state index < -0.39 is 0 Å². The number of rotatable bonds is 6. The van der Waals surface area contributed by atoms with Crippen LogP contribution in [0.25, 0.3) is 11.0 Å². The van der Waals surface area contributed by atoms with Gasteiger partial charge in [-0.1, -0.05) is 30.3 Å². The van der Waals surface area contributed by atoms with Crippen LogP contribution in [-0.2, 0) is 0 Å². The zero-order chi connectivity index (χ0) is 22.8. The second-order valence-corrected chi connectivity index (χ2v) is 10.1. The number of carbonyl (C=O) groups is 1. The minimum atomic E-state index is -0.104. The first-order valence-corrected chi connectivity index (χ1v) is 13.2. The average molecular weight is 478 g/mol. The number of hydrogen-bond acceptors (Lipinski definition) is 6. The molecule has 0 spiro atoms. The lowest BCUT2D eigenvalue weighted by Gasteiger charge is -2.37. The molecule has 0 saturated carbocycles. The van der Waals surface area contributed by atoms with Crippen molar-refractivity contribution in [1.29, 1.82) is 0 Å². The van der Waals surface area contributed by atoms with Crippen LogP contribution in [0, 0.1) is 0 Å². The first kappa shape index (κ1) is 22.2. The summed E-state index contributed by atoms with van der Waals surface area (Å²) in [5.41, 5.74) is 2.72. The highest BCUT2D eigenvalue weighted by atomic mass is 32.2. The third-order valence-electron chi connectivity index (χ3n) is 6.19. The molecule has 4 aromatic rings. The number of nitrogens with zero attached hydrogens (tertiary/aromatic N) is 2. The number of piperazine rings is 1. The predicted molar refractivity (Wildman–Crippen MR) is 138 cm³/mol. The summed E-state index contributed by atoms with van der Waals surface area (Å²) in [7, 11) is 2.16. The molecule has 7 heteroatoms. The number of furan rings is 1. The average Bonchev–Trinajstić information content (AvgIpc) is 3.50. The lowest BCUT2D eigenvalue weighted by Crippen LogP contribution is -2.46. The molecule has 0 aliphatic carbocycles. The van der Waals surface area contributed by atoms with Crippen LogP contribution in [0.5, 0.6) is 0 Å². The predicted octanol–water partition coefficient (Wildman–Crippen LogP) is 5.81. The Morgan fingerprint density at radius 2 is 1.79 bits per heavy atom. The summed E-state index contributed by atoms with van der Waals surface area (Å²) < 4.78 is 6.50. The van der Waals surface area contributed by atoms with E-state index in [1.807, 2.05) is 41.8 Å². The second-order valence-electron chi connectivity index (χ2n) is 8.28. The van der Waals surface area contributed by atoms with Gasteiger partial charge in [0.15, 0.2) is 0 Å². The number of amides is 1. The normalized spacial score (nSPS) is 16.2. The van der Waals surface area contributed by atoms with Crippen molar-refractivity contribution < 1.29 is 9.21 Å². The van der Waals surface area contributed by atoms with Crippen molar-refractivity contribution in [2.75, 3.05) is 44.8 Å². The van der Waals surface area contributed by atoms with Crippen LogP contribution in [0.2, 0.25) is 0 Å². The van der Waals surface area contributed by atoms with E-state index in [4.69, 9.17) is 4.42 Å². The van der Waals surface area contributed by atoms with Crippen molar-refractivity contribution in [2.45, 2.75) is 10.9 Å². The number of fused-ring (bicyclic) bond motifs is 1. The van der Waals surface area contributed by atoms with Crippen LogP contribution in [0.3, 0.4) is 0 Å². The summed E-state index contributed by atoms with van der Waals surface area (Å²) >= 11 is 3.18. The van der Waals surface area contributed by atoms with E-state index in [1.54, 1.807) is 11.8 Å². The SMILES string of the molecule is CSc1ccc(C(c2oc3ccccc3c2NC(=O)c2cccs2)N2CCN(C)CC2)cc1. The first-order valence-electron chi connectivity index (χ1n) is 11.1. The molecule has 1 fully saturated rings. The van der Waals surface area contributed by atoms with Crippen LogP contribution in [-0.4, -0.2) is 55.2 Å². The topological polar surface area (TPSA) is 48.7 Å². The van der Waals surface area contributed by atoms with Gasteiger partial charge in [-0.15, -0.1) is 23.1 Å². The fourth-order valence-corrected chi connectivity index (χ4v) is 5.39. The summed E-state index contributed by atoms with van der Waals surface area (Å²) in [4.78, 5) is 19.8. The van der Waals surface area contributed by atoms with E-state index in [0.29, 0.717) is 4.88 Å². The third-order valence-corrected chi connectivity index (χ3v) is 7.80. The number of para-hydroxylation sites is 1. The quantitative estimate of drug-likeness (QED) is 0.355. The molecule has 0 radical (unpaired) electrons. The molecule has 5 nitrogen and oxygen atoms in total. The summed E-state index contributed by atoms with van der Waals surface area (Å²) in [5, 5.41) is 6.04. The molecule has 5 rings (SSSR count). The van der Waals surface area contributed by atoms with Gasteiger partial charge in [-0.3, -0.25) is 9.69 Å². The molecule has 33 heavy (non-hydrogen) atoms. The van der Waals surface area contributed by atoms with Crippen molar-refractivity contribution in [1.82, 2.24) is 9.80 Å². The Morgan fingerprint density at radius 3 is 2.48 bits per heavy atom. The Kier molecular flexibility index (Phi) is 6.55. The number of nitrogens with one attached hydrogen (secondary N) is 1. The van der Waals surface area contributed by atoms with Crippen LogP contribution in [0.1, 0.15) is 27.0 Å². The number of anilines is 1. The highest BCUT2D eigenvalue weighted by molar-refractivity contribution is 7.98. The second kappa shape index (κ2) is 9.73. The molecule has 3 heterocycles. The molecule has 1 unspecified atom stereocenters. The van der Waals surface area contributed by atoms with Gasteiger partial charge in [0.05, 0.1) is 16.6 Å². The number of carbonyl (C=O) groups excluding carboxylic acids is 1. The summed E-state index contributed by atoms with van der Waals surface area (Å²) in [6.07, 6.45) is 2.09. The molecule has 1 aliphatic rings. The van der Waals surface area contributed by atoms with E-state index in [-0.39, 0.29) is 11.9 Å². The summed E-state index contributed by atoms with van der Waals surface area (Å²) in [6.45, 7) is 3.86. The molecular formula is C26H27N3O2S2. The smallest absolute Gasteiger partial charge is 0.265 e. The van der Waals surface area contributed by atoms with E-state index in [9.17, 15) is 4.79 Å². The molecule has 170 valence electrons. The molecule has 1 amide bonds. The van der Waals surface area contributed by atoms with Crippen LogP contribution in [0.4, 0.5) is 5.69 Å². The van der Waals surface area contributed by atoms with Crippen molar-refractivity contribution in [3.63, 3.8) is 0 Å². The summed E-state index contributed by atoms with van der Waals surface area (Å²) in [6, 6.07) is 20.3. The Hall–Kier alpha value is -2.58. The molecule has 1 N–H and O–H groups in total. The Bertz CT molecular complexity index is 1230. The maximum atomic E-state index is 13.1. The summed E-state index contributed by atoms with van der Waals surface area (Å²) in [5.74, 6) is 0.690. The van der Waals surface area contributed by atoms with Crippen molar-refractivity contribution in [2.24, 2.45) is 0 Å². The fraction of sp³-hybridized carbons (Fsp3) is 0.269. The lowest BCUT2D eigenvalue weighted by molar-refractivity contribution is 0.102. The largest absolute Gasteiger partial charge is 0.457 e. The first-order chi connectivity index (χ1) is 16.1. The van der Waals surface area contributed by atoms with Gasteiger partial charge < -0.3 is 14.6 Å². The number of thiophene rings is 1. The monoisotopic (exact) mass is 477 g/mol. The van der Waals surface area contributed by atoms with Crippen LogP contribution >= 0.6 is 23.1 Å². The van der Waals surface area contributed by atoms with Crippen molar-refractivity contribution in [3.8, 4) is 0 Å². The van der Waals surface area contributed by atoms with Gasteiger partial charge in [0.25, 0.3) is 5.91 Å². The van der Waals surface area contributed by atoms with Crippen molar-refractivity contribution >= 4 is 45.7 Å². The number of likely N-dealkylation sites (N-methyl/N-ethyl adjacent to an activating group) is 1. The van der Waals surface area contributed by atoms with Crippen molar-refractivity contribution in [3.05, 3.63) is 82.2 Å². The number of hydrogen-bond donors (Lipinski definition) is 1. The molecule has 2 aromatic carbocycles. The maximum Gasteiger partial charge on any atom is 0.265 e. The number of benzene rings is 2.